The maximum Gasteiger partial charge on any atom is 0.0540 e. The van der Waals surface area contributed by atoms with Gasteiger partial charge in [-0.2, -0.15) is 5.10 Å². The Morgan fingerprint density at radius 2 is 1.94 bits per heavy atom. The molecule has 1 aliphatic rings. The van der Waals surface area contributed by atoms with Crippen molar-refractivity contribution in [1.29, 1.82) is 0 Å². The van der Waals surface area contributed by atoms with Crippen LogP contribution in [0.15, 0.2) is 36.7 Å². The zero-order valence-corrected chi connectivity index (χ0v) is 10.1. The lowest BCUT2D eigenvalue weighted by atomic mass is 9.90. The Morgan fingerprint density at radius 3 is 2.47 bits per heavy atom. The topological polar surface area (TPSA) is 43.8 Å². The Hall–Kier alpha value is -1.61. The smallest absolute Gasteiger partial charge is 0.0540 e. The Balaban J connectivity index is 1.95. The van der Waals surface area contributed by atoms with Gasteiger partial charge in [-0.15, -0.1) is 0 Å². The number of nitrogens with two attached hydrogens (primary N) is 1. The van der Waals surface area contributed by atoms with Gasteiger partial charge in [0.05, 0.1) is 11.7 Å². The summed E-state index contributed by atoms with van der Waals surface area (Å²) in [6.07, 6.45) is 5.82. The van der Waals surface area contributed by atoms with Crippen LogP contribution in [-0.4, -0.2) is 9.78 Å². The summed E-state index contributed by atoms with van der Waals surface area (Å²) in [6.45, 7) is 2.98. The van der Waals surface area contributed by atoms with Gasteiger partial charge in [-0.05, 0) is 30.9 Å². The summed E-state index contributed by atoms with van der Waals surface area (Å²) in [7, 11) is 0. The highest BCUT2D eigenvalue weighted by Gasteiger charge is 2.35. The van der Waals surface area contributed by atoms with Crippen LogP contribution in [0.2, 0.25) is 0 Å². The van der Waals surface area contributed by atoms with Gasteiger partial charge in [0.2, 0.25) is 0 Å². The molecule has 3 nitrogen and oxygen atoms in total. The predicted molar refractivity (Wildman–Crippen MR) is 67.6 cm³/mol. The summed E-state index contributed by atoms with van der Waals surface area (Å²) < 4.78 is 1.94. The quantitative estimate of drug-likeness (QED) is 0.851. The first-order valence-corrected chi connectivity index (χ1v) is 6.10. The first-order valence-electron chi connectivity index (χ1n) is 6.10. The van der Waals surface area contributed by atoms with E-state index in [1.54, 1.807) is 0 Å². The van der Waals surface area contributed by atoms with E-state index in [1.807, 2.05) is 10.9 Å². The molecule has 0 radical (unpaired) electrons. The van der Waals surface area contributed by atoms with Gasteiger partial charge in [0.25, 0.3) is 0 Å². The summed E-state index contributed by atoms with van der Waals surface area (Å²) in [6, 6.07) is 8.52. The van der Waals surface area contributed by atoms with Gasteiger partial charge in [-0.3, -0.25) is 4.68 Å². The van der Waals surface area contributed by atoms with Crippen LogP contribution < -0.4 is 5.73 Å². The zero-order chi connectivity index (χ0) is 11.9. The molecule has 0 amide bonds. The average molecular weight is 227 g/mol. The molecule has 2 aromatic rings. The second kappa shape index (κ2) is 3.70. The molecule has 0 atom stereocenters. The standard InChI is InChI=1S/C14H17N3/c1-2-17-10-13(9-16-17)14(15)7-11-5-3-4-6-12(11)8-14/h3-6,9-10H,2,7-8,15H2,1H3. The molecule has 0 saturated heterocycles. The fourth-order valence-electron chi connectivity index (χ4n) is 2.64. The van der Waals surface area contributed by atoms with Crippen LogP contribution in [0.5, 0.6) is 0 Å². The third kappa shape index (κ3) is 1.67. The number of fused-ring (bicyclic) bond motifs is 1. The van der Waals surface area contributed by atoms with Crippen molar-refractivity contribution in [3.8, 4) is 0 Å². The van der Waals surface area contributed by atoms with Crippen LogP contribution in [0.3, 0.4) is 0 Å². The maximum absolute atomic E-state index is 6.55. The Kier molecular flexibility index (Phi) is 2.30. The molecule has 3 rings (SSSR count). The van der Waals surface area contributed by atoms with Gasteiger partial charge in [0.15, 0.2) is 0 Å². The highest BCUT2D eigenvalue weighted by molar-refractivity contribution is 5.39. The number of benzene rings is 1. The molecule has 0 aliphatic heterocycles. The summed E-state index contributed by atoms with van der Waals surface area (Å²) in [5.74, 6) is 0. The average Bonchev–Trinajstić information content (AvgIpc) is 2.92. The molecule has 1 aliphatic carbocycles. The summed E-state index contributed by atoms with van der Waals surface area (Å²) >= 11 is 0. The summed E-state index contributed by atoms with van der Waals surface area (Å²) in [5.41, 5.74) is 10.2. The third-order valence-corrected chi connectivity index (χ3v) is 3.66. The minimum absolute atomic E-state index is 0.267. The molecule has 1 aromatic heterocycles. The van der Waals surface area contributed by atoms with E-state index >= 15 is 0 Å². The molecule has 2 N–H and O–H groups in total. The minimum atomic E-state index is -0.267. The molecule has 1 heterocycles. The largest absolute Gasteiger partial charge is 0.321 e. The van der Waals surface area contributed by atoms with E-state index in [0.29, 0.717) is 0 Å². The van der Waals surface area contributed by atoms with Gasteiger partial charge < -0.3 is 5.73 Å². The fraction of sp³-hybridized carbons (Fsp3) is 0.357. The molecular weight excluding hydrogens is 210 g/mol. The van der Waals surface area contributed by atoms with E-state index in [1.165, 1.54) is 11.1 Å². The van der Waals surface area contributed by atoms with Crippen molar-refractivity contribution in [2.45, 2.75) is 31.8 Å². The normalized spacial score (nSPS) is 17.1. The molecule has 1 aromatic carbocycles. The lowest BCUT2D eigenvalue weighted by Gasteiger charge is -2.21. The van der Waals surface area contributed by atoms with Crippen molar-refractivity contribution in [3.63, 3.8) is 0 Å². The molecule has 0 bridgehead atoms. The molecule has 3 heteroatoms. The van der Waals surface area contributed by atoms with Crippen molar-refractivity contribution < 1.29 is 0 Å². The Morgan fingerprint density at radius 1 is 1.29 bits per heavy atom. The van der Waals surface area contributed by atoms with Crippen LogP contribution in [0.4, 0.5) is 0 Å². The van der Waals surface area contributed by atoms with Crippen molar-refractivity contribution in [2.75, 3.05) is 0 Å². The second-order valence-corrected chi connectivity index (χ2v) is 4.86. The number of aromatic nitrogens is 2. The van der Waals surface area contributed by atoms with Gasteiger partial charge in [0.1, 0.15) is 0 Å². The van der Waals surface area contributed by atoms with Gasteiger partial charge in [-0.25, -0.2) is 0 Å². The lowest BCUT2D eigenvalue weighted by Crippen LogP contribution is -2.37. The Labute approximate surface area is 101 Å². The lowest BCUT2D eigenvalue weighted by molar-refractivity contribution is 0.472. The summed E-state index contributed by atoms with van der Waals surface area (Å²) in [4.78, 5) is 0. The van der Waals surface area contributed by atoms with Gasteiger partial charge in [-0.1, -0.05) is 24.3 Å². The van der Waals surface area contributed by atoms with Crippen molar-refractivity contribution in [3.05, 3.63) is 53.3 Å². The van der Waals surface area contributed by atoms with Crippen LogP contribution in [0.25, 0.3) is 0 Å². The van der Waals surface area contributed by atoms with E-state index in [9.17, 15) is 0 Å². The highest BCUT2D eigenvalue weighted by atomic mass is 15.3. The third-order valence-electron chi connectivity index (χ3n) is 3.66. The number of hydrogen-bond acceptors (Lipinski definition) is 2. The maximum atomic E-state index is 6.55. The first-order chi connectivity index (χ1) is 8.21. The van der Waals surface area contributed by atoms with E-state index in [-0.39, 0.29) is 5.54 Å². The molecule has 0 fully saturated rings. The number of rotatable bonds is 2. The van der Waals surface area contributed by atoms with E-state index in [0.717, 1.165) is 24.9 Å². The Bertz CT molecular complexity index is 517. The van der Waals surface area contributed by atoms with Crippen LogP contribution >= 0.6 is 0 Å². The SMILES string of the molecule is CCn1cc(C2(N)Cc3ccccc3C2)cn1. The number of hydrogen-bond donors (Lipinski definition) is 1. The highest BCUT2D eigenvalue weighted by Crippen LogP contribution is 2.35. The second-order valence-electron chi connectivity index (χ2n) is 4.86. The number of aryl methyl sites for hydroxylation is 1. The van der Waals surface area contributed by atoms with Crippen molar-refractivity contribution in [2.24, 2.45) is 5.73 Å². The zero-order valence-electron chi connectivity index (χ0n) is 10.1. The van der Waals surface area contributed by atoms with E-state index < -0.39 is 0 Å². The van der Waals surface area contributed by atoms with E-state index in [2.05, 4.69) is 42.5 Å². The molecule has 0 spiro atoms. The molecular formula is C14H17N3. The van der Waals surface area contributed by atoms with Crippen LogP contribution in [0.1, 0.15) is 23.6 Å². The van der Waals surface area contributed by atoms with Crippen molar-refractivity contribution >= 4 is 0 Å². The fourth-order valence-corrected chi connectivity index (χ4v) is 2.64. The van der Waals surface area contributed by atoms with Crippen LogP contribution in [-0.2, 0) is 24.9 Å². The molecule has 0 saturated carbocycles. The van der Waals surface area contributed by atoms with Crippen LogP contribution in [0, 0.1) is 0 Å². The van der Waals surface area contributed by atoms with Crippen molar-refractivity contribution in [1.82, 2.24) is 9.78 Å². The van der Waals surface area contributed by atoms with Gasteiger partial charge in [0, 0.05) is 18.3 Å². The molecule has 0 unspecified atom stereocenters. The number of nitrogens with zero attached hydrogens (tertiary/aromatic N) is 2. The van der Waals surface area contributed by atoms with E-state index in [4.69, 9.17) is 5.73 Å². The predicted octanol–water partition coefficient (Wildman–Crippen LogP) is 1.86. The monoisotopic (exact) mass is 227 g/mol. The summed E-state index contributed by atoms with van der Waals surface area (Å²) in [5, 5.41) is 4.32. The molecule has 17 heavy (non-hydrogen) atoms. The first kappa shape index (κ1) is 10.5. The minimum Gasteiger partial charge on any atom is -0.321 e. The van der Waals surface area contributed by atoms with Gasteiger partial charge >= 0.3 is 0 Å². The molecule has 88 valence electrons.